The molecule has 0 aliphatic carbocycles. The largest absolute Gasteiger partial charge is 0.411 e. The molecule has 0 saturated carbocycles. The van der Waals surface area contributed by atoms with Crippen LogP contribution < -0.4 is 5.32 Å². The maximum Gasteiger partial charge on any atom is 0.411 e. The quantitative estimate of drug-likeness (QED) is 0.660. The number of halogens is 4. The molecule has 1 aromatic rings. The molecule has 1 aromatic carbocycles. The molecule has 1 heterocycles. The first kappa shape index (κ1) is 14.3. The monoisotopic (exact) mass is 277 g/mol. The number of benzene rings is 1. The van der Waals surface area contributed by atoms with Crippen molar-refractivity contribution in [2.75, 3.05) is 26.3 Å². The fourth-order valence-corrected chi connectivity index (χ4v) is 2.23. The highest BCUT2D eigenvalue weighted by Gasteiger charge is 2.38. The van der Waals surface area contributed by atoms with Crippen LogP contribution in [0.5, 0.6) is 0 Å². The first-order valence-electron chi connectivity index (χ1n) is 6.03. The zero-order valence-electron chi connectivity index (χ0n) is 10.3. The summed E-state index contributed by atoms with van der Waals surface area (Å²) in [5.41, 5.74) is 0.495. The fraction of sp³-hybridized carbons (Fsp3) is 0.538. The third-order valence-corrected chi connectivity index (χ3v) is 3.35. The third kappa shape index (κ3) is 3.67. The van der Waals surface area contributed by atoms with Crippen LogP contribution in [0.15, 0.2) is 24.3 Å². The van der Waals surface area contributed by atoms with E-state index in [0.29, 0.717) is 19.5 Å². The van der Waals surface area contributed by atoms with Crippen molar-refractivity contribution < 1.29 is 22.3 Å². The lowest BCUT2D eigenvalue weighted by atomic mass is 9.73. The standard InChI is InChI=1S/C13H15F4NO/c14-11-3-1-2-10(6-11)12(7-18-8-12)4-5-19-9-13(15,16)17/h1-3,6,18H,4-5,7-9H2. The number of alkyl halides is 3. The van der Waals surface area contributed by atoms with E-state index in [4.69, 9.17) is 0 Å². The minimum atomic E-state index is -4.30. The van der Waals surface area contributed by atoms with Gasteiger partial charge < -0.3 is 10.1 Å². The van der Waals surface area contributed by atoms with Crippen LogP contribution in [0.25, 0.3) is 0 Å². The van der Waals surface area contributed by atoms with Gasteiger partial charge in [0, 0.05) is 25.1 Å². The minimum Gasteiger partial charge on any atom is -0.372 e. The van der Waals surface area contributed by atoms with E-state index in [1.807, 2.05) is 0 Å². The van der Waals surface area contributed by atoms with Crippen LogP contribution in [0.4, 0.5) is 17.6 Å². The topological polar surface area (TPSA) is 21.3 Å². The van der Waals surface area contributed by atoms with Crippen LogP contribution >= 0.6 is 0 Å². The summed E-state index contributed by atoms with van der Waals surface area (Å²) in [6.45, 7) is 0.0367. The molecule has 1 fully saturated rings. The highest BCUT2D eigenvalue weighted by molar-refractivity contribution is 5.30. The summed E-state index contributed by atoms with van der Waals surface area (Å²) >= 11 is 0. The van der Waals surface area contributed by atoms with Crippen molar-refractivity contribution in [3.63, 3.8) is 0 Å². The molecule has 0 radical (unpaired) electrons. The Bertz CT molecular complexity index is 429. The zero-order valence-corrected chi connectivity index (χ0v) is 10.3. The van der Waals surface area contributed by atoms with Crippen LogP contribution in [0.1, 0.15) is 12.0 Å². The highest BCUT2D eigenvalue weighted by Crippen LogP contribution is 2.32. The van der Waals surface area contributed by atoms with Gasteiger partial charge in [0.15, 0.2) is 0 Å². The molecule has 0 spiro atoms. The van der Waals surface area contributed by atoms with Crippen LogP contribution in [0.2, 0.25) is 0 Å². The number of ether oxygens (including phenoxy) is 1. The van der Waals surface area contributed by atoms with E-state index in [1.165, 1.54) is 12.1 Å². The highest BCUT2D eigenvalue weighted by atomic mass is 19.4. The Balaban J connectivity index is 1.92. The second-order valence-corrected chi connectivity index (χ2v) is 4.81. The lowest BCUT2D eigenvalue weighted by Gasteiger charge is -2.43. The maximum atomic E-state index is 13.2. The molecule has 1 aliphatic rings. The molecular weight excluding hydrogens is 262 g/mol. The Hall–Kier alpha value is -1.14. The molecule has 2 rings (SSSR count). The summed E-state index contributed by atoms with van der Waals surface area (Å²) < 4.78 is 53.7. The molecular formula is C13H15F4NO. The van der Waals surface area contributed by atoms with E-state index < -0.39 is 12.8 Å². The first-order chi connectivity index (χ1) is 8.91. The van der Waals surface area contributed by atoms with Gasteiger partial charge in [0.25, 0.3) is 0 Å². The molecule has 1 N–H and O–H groups in total. The van der Waals surface area contributed by atoms with Gasteiger partial charge in [0.1, 0.15) is 12.4 Å². The summed E-state index contributed by atoms with van der Waals surface area (Å²) in [7, 11) is 0. The second kappa shape index (κ2) is 5.46. The Kier molecular flexibility index (Phi) is 4.10. The van der Waals surface area contributed by atoms with Crippen molar-refractivity contribution in [3.05, 3.63) is 35.6 Å². The Morgan fingerprint density at radius 2 is 2.00 bits per heavy atom. The van der Waals surface area contributed by atoms with E-state index in [-0.39, 0.29) is 17.8 Å². The number of hydrogen-bond acceptors (Lipinski definition) is 2. The molecule has 106 valence electrons. The van der Waals surface area contributed by atoms with Gasteiger partial charge in [-0.05, 0) is 24.1 Å². The molecule has 0 unspecified atom stereocenters. The van der Waals surface area contributed by atoms with Gasteiger partial charge in [-0.15, -0.1) is 0 Å². The van der Waals surface area contributed by atoms with Crippen molar-refractivity contribution in [1.82, 2.24) is 5.32 Å². The van der Waals surface area contributed by atoms with E-state index in [9.17, 15) is 17.6 Å². The van der Waals surface area contributed by atoms with Crippen molar-refractivity contribution in [2.24, 2.45) is 0 Å². The molecule has 6 heteroatoms. The smallest absolute Gasteiger partial charge is 0.372 e. The number of hydrogen-bond donors (Lipinski definition) is 1. The average molecular weight is 277 g/mol. The summed E-state index contributed by atoms with van der Waals surface area (Å²) in [6.07, 6.45) is -3.86. The second-order valence-electron chi connectivity index (χ2n) is 4.81. The Morgan fingerprint density at radius 1 is 1.26 bits per heavy atom. The van der Waals surface area contributed by atoms with Gasteiger partial charge in [-0.2, -0.15) is 13.2 Å². The van der Waals surface area contributed by atoms with Gasteiger partial charge in [-0.3, -0.25) is 0 Å². The fourth-order valence-electron chi connectivity index (χ4n) is 2.23. The van der Waals surface area contributed by atoms with Crippen molar-refractivity contribution >= 4 is 0 Å². The van der Waals surface area contributed by atoms with Crippen molar-refractivity contribution in [1.29, 1.82) is 0 Å². The van der Waals surface area contributed by atoms with Crippen LogP contribution in [-0.2, 0) is 10.2 Å². The van der Waals surface area contributed by atoms with Crippen molar-refractivity contribution in [3.8, 4) is 0 Å². The van der Waals surface area contributed by atoms with Crippen LogP contribution in [-0.4, -0.2) is 32.5 Å². The van der Waals surface area contributed by atoms with Gasteiger partial charge >= 0.3 is 6.18 Å². The molecule has 1 saturated heterocycles. The predicted octanol–water partition coefficient (Wildman–Crippen LogP) is 2.64. The molecule has 0 amide bonds. The zero-order chi connectivity index (χ0) is 13.9. The van der Waals surface area contributed by atoms with E-state index in [0.717, 1.165) is 5.56 Å². The molecule has 0 bridgehead atoms. The summed E-state index contributed by atoms with van der Waals surface area (Å²) in [4.78, 5) is 0. The third-order valence-electron chi connectivity index (χ3n) is 3.35. The molecule has 19 heavy (non-hydrogen) atoms. The molecule has 0 atom stereocenters. The van der Waals surface area contributed by atoms with Gasteiger partial charge in [-0.1, -0.05) is 12.1 Å². The normalized spacial score (nSPS) is 18.1. The van der Waals surface area contributed by atoms with Gasteiger partial charge in [-0.25, -0.2) is 4.39 Å². The van der Waals surface area contributed by atoms with Crippen molar-refractivity contribution in [2.45, 2.75) is 18.0 Å². The molecule has 1 aliphatic heterocycles. The number of nitrogens with one attached hydrogen (secondary N) is 1. The summed E-state index contributed by atoms with van der Waals surface area (Å²) in [6, 6.07) is 6.20. The minimum absolute atomic E-state index is 0.0116. The van der Waals surface area contributed by atoms with E-state index in [2.05, 4.69) is 10.1 Å². The lowest BCUT2D eigenvalue weighted by molar-refractivity contribution is -0.175. The predicted molar refractivity (Wildman–Crippen MR) is 62.4 cm³/mol. The maximum absolute atomic E-state index is 13.2. The first-order valence-corrected chi connectivity index (χ1v) is 6.03. The lowest BCUT2D eigenvalue weighted by Crippen LogP contribution is -2.57. The average Bonchev–Trinajstić information content (AvgIpc) is 2.25. The number of rotatable bonds is 5. The van der Waals surface area contributed by atoms with E-state index >= 15 is 0 Å². The molecule has 2 nitrogen and oxygen atoms in total. The SMILES string of the molecule is Fc1cccc(C2(CCOCC(F)(F)F)CNC2)c1. The molecule has 0 aromatic heterocycles. The van der Waals surface area contributed by atoms with Gasteiger partial charge in [0.2, 0.25) is 0 Å². The van der Waals surface area contributed by atoms with E-state index in [1.54, 1.807) is 12.1 Å². The van der Waals surface area contributed by atoms with Crippen LogP contribution in [0, 0.1) is 5.82 Å². The Morgan fingerprint density at radius 3 is 2.53 bits per heavy atom. The summed E-state index contributed by atoms with van der Waals surface area (Å²) in [5.74, 6) is -0.333. The Labute approximate surface area is 108 Å². The van der Waals surface area contributed by atoms with Crippen LogP contribution in [0.3, 0.4) is 0 Å². The van der Waals surface area contributed by atoms with Gasteiger partial charge in [0.05, 0.1) is 0 Å². The summed E-state index contributed by atoms with van der Waals surface area (Å²) in [5, 5.41) is 3.08.